The average molecular weight is 291 g/mol. The van der Waals surface area contributed by atoms with Crippen molar-refractivity contribution in [2.45, 2.75) is 46.6 Å². The van der Waals surface area contributed by atoms with Crippen molar-refractivity contribution in [1.82, 2.24) is 4.90 Å². The Morgan fingerprint density at radius 1 is 1.29 bits per heavy atom. The predicted octanol–water partition coefficient (Wildman–Crippen LogP) is 3.35. The lowest BCUT2D eigenvalue weighted by atomic mass is 10.1. The van der Waals surface area contributed by atoms with Gasteiger partial charge in [-0.2, -0.15) is 0 Å². The number of carbonyl (C=O) groups is 1. The molecule has 4 heteroatoms. The Morgan fingerprint density at radius 2 is 1.95 bits per heavy atom. The van der Waals surface area contributed by atoms with E-state index in [0.717, 1.165) is 25.1 Å². The van der Waals surface area contributed by atoms with Crippen molar-refractivity contribution in [3.8, 4) is 0 Å². The fraction of sp³-hybridized carbons (Fsp3) is 0.588. The van der Waals surface area contributed by atoms with Crippen molar-refractivity contribution < 1.29 is 4.79 Å². The van der Waals surface area contributed by atoms with Gasteiger partial charge < -0.3 is 11.1 Å². The predicted molar refractivity (Wildman–Crippen MR) is 90.3 cm³/mol. The first-order valence-corrected chi connectivity index (χ1v) is 7.85. The molecule has 118 valence electrons. The van der Waals surface area contributed by atoms with E-state index in [4.69, 9.17) is 5.73 Å². The van der Waals surface area contributed by atoms with Crippen molar-refractivity contribution in [2.24, 2.45) is 5.92 Å². The Balaban J connectivity index is 2.66. The van der Waals surface area contributed by atoms with Crippen LogP contribution in [-0.4, -0.2) is 29.9 Å². The first kappa shape index (κ1) is 17.5. The van der Waals surface area contributed by atoms with E-state index in [-0.39, 0.29) is 5.91 Å². The number of hydrogen-bond acceptors (Lipinski definition) is 3. The molecule has 1 aromatic carbocycles. The second kappa shape index (κ2) is 8.67. The number of benzene rings is 1. The zero-order chi connectivity index (χ0) is 15.8. The maximum Gasteiger partial charge on any atom is 0.238 e. The summed E-state index contributed by atoms with van der Waals surface area (Å²) in [6.45, 7) is 10.1. The number of nitrogens with zero attached hydrogens (tertiary/aromatic N) is 1. The number of nitrogens with two attached hydrogens (primary N) is 1. The molecule has 0 aliphatic heterocycles. The summed E-state index contributed by atoms with van der Waals surface area (Å²) in [7, 11) is 0. The van der Waals surface area contributed by atoms with Crippen LogP contribution in [0, 0.1) is 5.92 Å². The molecule has 3 N–H and O–H groups in total. The molecule has 0 aliphatic rings. The molecule has 0 saturated heterocycles. The first-order valence-electron chi connectivity index (χ1n) is 7.85. The van der Waals surface area contributed by atoms with Crippen LogP contribution in [0.3, 0.4) is 0 Å². The summed E-state index contributed by atoms with van der Waals surface area (Å²) in [5.74, 6) is 0.568. The number of nitrogen functional groups attached to an aromatic ring is 1. The standard InChI is InChI=1S/C17H29N3O/c1-5-16(6-2)20(11-13(3)4)12-17(21)19-15-9-7-8-14(18)10-15/h7-10,13,16H,5-6,11-12,18H2,1-4H3,(H,19,21). The van der Waals surface area contributed by atoms with E-state index in [0.29, 0.717) is 24.2 Å². The van der Waals surface area contributed by atoms with Crippen molar-refractivity contribution in [2.75, 3.05) is 24.1 Å². The van der Waals surface area contributed by atoms with Crippen molar-refractivity contribution in [3.05, 3.63) is 24.3 Å². The summed E-state index contributed by atoms with van der Waals surface area (Å²) in [5.41, 5.74) is 7.15. The number of amides is 1. The molecule has 0 atom stereocenters. The lowest BCUT2D eigenvalue weighted by Gasteiger charge is -2.31. The fourth-order valence-corrected chi connectivity index (χ4v) is 2.62. The third-order valence-corrected chi connectivity index (χ3v) is 3.58. The van der Waals surface area contributed by atoms with Crippen LogP contribution in [0.15, 0.2) is 24.3 Å². The lowest BCUT2D eigenvalue weighted by molar-refractivity contribution is -0.118. The van der Waals surface area contributed by atoms with Gasteiger partial charge in [-0.3, -0.25) is 9.69 Å². The summed E-state index contributed by atoms with van der Waals surface area (Å²) in [6.07, 6.45) is 2.13. The van der Waals surface area contributed by atoms with Gasteiger partial charge in [0, 0.05) is 24.0 Å². The summed E-state index contributed by atoms with van der Waals surface area (Å²) in [4.78, 5) is 14.5. The van der Waals surface area contributed by atoms with Crippen LogP contribution in [0.1, 0.15) is 40.5 Å². The van der Waals surface area contributed by atoms with Gasteiger partial charge >= 0.3 is 0 Å². The molecule has 0 fully saturated rings. The molecule has 21 heavy (non-hydrogen) atoms. The highest BCUT2D eigenvalue weighted by Gasteiger charge is 2.19. The zero-order valence-electron chi connectivity index (χ0n) is 13.7. The van der Waals surface area contributed by atoms with E-state index >= 15 is 0 Å². The number of carbonyl (C=O) groups excluding carboxylic acids is 1. The van der Waals surface area contributed by atoms with Gasteiger partial charge in [0.25, 0.3) is 0 Å². The van der Waals surface area contributed by atoms with Crippen LogP contribution in [-0.2, 0) is 4.79 Å². The van der Waals surface area contributed by atoms with Gasteiger partial charge in [-0.1, -0.05) is 33.8 Å². The Bertz CT molecular complexity index is 441. The lowest BCUT2D eigenvalue weighted by Crippen LogP contribution is -2.42. The Kier molecular flexibility index (Phi) is 7.23. The van der Waals surface area contributed by atoms with E-state index in [1.54, 1.807) is 6.07 Å². The van der Waals surface area contributed by atoms with E-state index in [2.05, 4.69) is 37.9 Å². The molecule has 0 radical (unpaired) electrons. The summed E-state index contributed by atoms with van der Waals surface area (Å²) in [5, 5.41) is 2.93. The van der Waals surface area contributed by atoms with Crippen LogP contribution in [0.4, 0.5) is 11.4 Å². The maximum absolute atomic E-state index is 12.3. The zero-order valence-corrected chi connectivity index (χ0v) is 13.7. The molecule has 1 rings (SSSR count). The molecule has 1 amide bonds. The van der Waals surface area contributed by atoms with Crippen LogP contribution < -0.4 is 11.1 Å². The van der Waals surface area contributed by atoms with Gasteiger partial charge in [-0.25, -0.2) is 0 Å². The third kappa shape index (κ3) is 6.17. The Morgan fingerprint density at radius 3 is 2.48 bits per heavy atom. The number of anilines is 2. The molecule has 1 aromatic rings. The minimum Gasteiger partial charge on any atom is -0.399 e. The van der Waals surface area contributed by atoms with Gasteiger partial charge in [0.05, 0.1) is 6.54 Å². The molecule has 0 aromatic heterocycles. The topological polar surface area (TPSA) is 58.4 Å². The molecule has 0 heterocycles. The first-order chi connectivity index (χ1) is 9.96. The molecule has 4 nitrogen and oxygen atoms in total. The SMILES string of the molecule is CCC(CC)N(CC(=O)Nc1cccc(N)c1)CC(C)C. The highest BCUT2D eigenvalue weighted by atomic mass is 16.2. The summed E-state index contributed by atoms with van der Waals surface area (Å²) < 4.78 is 0. The summed E-state index contributed by atoms with van der Waals surface area (Å²) in [6, 6.07) is 7.75. The maximum atomic E-state index is 12.3. The number of hydrogen-bond donors (Lipinski definition) is 2. The van der Waals surface area contributed by atoms with E-state index < -0.39 is 0 Å². The smallest absolute Gasteiger partial charge is 0.238 e. The molecule has 0 spiro atoms. The number of nitrogens with one attached hydrogen (secondary N) is 1. The minimum atomic E-state index is 0.0214. The summed E-state index contributed by atoms with van der Waals surface area (Å²) >= 11 is 0. The van der Waals surface area contributed by atoms with Crippen LogP contribution in [0.25, 0.3) is 0 Å². The molecule has 0 bridgehead atoms. The van der Waals surface area contributed by atoms with E-state index in [1.165, 1.54) is 0 Å². The quantitative estimate of drug-likeness (QED) is 0.722. The molecular weight excluding hydrogens is 262 g/mol. The molecule has 0 aliphatic carbocycles. The highest BCUT2D eigenvalue weighted by Crippen LogP contribution is 2.14. The van der Waals surface area contributed by atoms with E-state index in [1.807, 2.05) is 18.2 Å². The van der Waals surface area contributed by atoms with Crippen LogP contribution in [0.2, 0.25) is 0 Å². The molecule has 0 unspecified atom stereocenters. The Labute approximate surface area is 128 Å². The van der Waals surface area contributed by atoms with Gasteiger partial charge in [-0.05, 0) is 37.0 Å². The van der Waals surface area contributed by atoms with Gasteiger partial charge in [-0.15, -0.1) is 0 Å². The van der Waals surface area contributed by atoms with Gasteiger partial charge in [0.15, 0.2) is 0 Å². The highest BCUT2D eigenvalue weighted by molar-refractivity contribution is 5.92. The average Bonchev–Trinajstić information content (AvgIpc) is 2.39. The molecular formula is C17H29N3O. The van der Waals surface area contributed by atoms with E-state index in [9.17, 15) is 4.79 Å². The number of rotatable bonds is 8. The van der Waals surface area contributed by atoms with Crippen LogP contribution >= 0.6 is 0 Å². The van der Waals surface area contributed by atoms with Crippen molar-refractivity contribution in [3.63, 3.8) is 0 Å². The van der Waals surface area contributed by atoms with Crippen LogP contribution in [0.5, 0.6) is 0 Å². The minimum absolute atomic E-state index is 0.0214. The van der Waals surface area contributed by atoms with Crippen molar-refractivity contribution in [1.29, 1.82) is 0 Å². The molecule has 0 saturated carbocycles. The fourth-order valence-electron chi connectivity index (χ4n) is 2.62. The normalized spacial score (nSPS) is 11.4. The monoisotopic (exact) mass is 291 g/mol. The third-order valence-electron chi connectivity index (χ3n) is 3.58. The second-order valence-corrected chi connectivity index (χ2v) is 5.97. The van der Waals surface area contributed by atoms with Gasteiger partial charge in [0.2, 0.25) is 5.91 Å². The van der Waals surface area contributed by atoms with Gasteiger partial charge in [0.1, 0.15) is 0 Å². The Hall–Kier alpha value is -1.55. The second-order valence-electron chi connectivity index (χ2n) is 5.97. The largest absolute Gasteiger partial charge is 0.399 e. The van der Waals surface area contributed by atoms with Crippen molar-refractivity contribution >= 4 is 17.3 Å².